The van der Waals surface area contributed by atoms with Gasteiger partial charge in [0.1, 0.15) is 51.2 Å². The van der Waals surface area contributed by atoms with E-state index in [0.717, 1.165) is 22.3 Å². The molecule has 0 aliphatic rings. The van der Waals surface area contributed by atoms with E-state index in [1.807, 2.05) is 0 Å². The van der Waals surface area contributed by atoms with Crippen LogP contribution in [-0.4, -0.2) is 86.2 Å². The Morgan fingerprint density at radius 2 is 0.391 bits per heavy atom. The molecule has 0 spiro atoms. The van der Waals surface area contributed by atoms with Crippen molar-refractivity contribution in [3.05, 3.63) is 263 Å². The highest BCUT2D eigenvalue weighted by Gasteiger charge is 2.05. The number of hydrogen-bond acceptors (Lipinski definition) is 20. The maximum Gasteiger partial charge on any atom is 0.373 e. The summed E-state index contributed by atoms with van der Waals surface area (Å²) in [7, 11) is 0. The molecule has 24 heteroatoms. The third kappa shape index (κ3) is 25.9. The predicted octanol–water partition coefficient (Wildman–Crippen LogP) is 11.1. The summed E-state index contributed by atoms with van der Waals surface area (Å²) in [6.45, 7) is 10.3. The highest BCUT2D eigenvalue weighted by atomic mass is 16.5. The molecular weight excluding hydrogens is 1180 g/mol. The first kappa shape index (κ1) is 69.8. The van der Waals surface area contributed by atoms with E-state index < -0.39 is 0 Å². The Hall–Kier alpha value is -13.0. The Morgan fingerprint density at radius 3 is 0.522 bits per heavy atom. The van der Waals surface area contributed by atoms with Gasteiger partial charge in [0.25, 0.3) is 23.5 Å². The predicted molar refractivity (Wildman–Crippen MR) is 329 cm³/mol. The molecule has 0 fully saturated rings. The van der Waals surface area contributed by atoms with Crippen LogP contribution in [0.15, 0.2) is 219 Å². The van der Waals surface area contributed by atoms with Crippen LogP contribution in [0.2, 0.25) is 0 Å². The number of aryl methyl sites for hydroxylation is 4. The Morgan fingerprint density at radius 1 is 0.250 bits per heavy atom. The van der Waals surface area contributed by atoms with E-state index in [9.17, 15) is 0 Å². The molecule has 0 saturated heterocycles. The molecule has 4 heterocycles. The molecule has 8 aromatic carbocycles. The zero-order valence-electron chi connectivity index (χ0n) is 50.1. The second kappa shape index (κ2) is 40.4. The minimum Gasteiger partial charge on any atom is -0.471 e. The van der Waals surface area contributed by atoms with Crippen LogP contribution in [0.4, 0.5) is 0 Å². The fraction of sp³-hybridized carbons (Fsp3) is 0.118. The molecule has 0 aliphatic carbocycles. The van der Waals surface area contributed by atoms with Crippen molar-refractivity contribution in [3.8, 4) is 68.0 Å². The monoisotopic (exact) mass is 1240 g/mol. The maximum atomic E-state index is 8.12. The average Bonchev–Trinajstić information content (AvgIpc) is 2.69. The van der Waals surface area contributed by atoms with E-state index in [2.05, 4.69) is 283 Å². The summed E-state index contributed by atoms with van der Waals surface area (Å²) < 4.78 is 22.0. The number of H-pyrrole nitrogens is 4. The van der Waals surface area contributed by atoms with Gasteiger partial charge in [-0.1, -0.05) is 216 Å². The van der Waals surface area contributed by atoms with E-state index in [0.29, 0.717) is 49.9 Å². The summed E-state index contributed by atoms with van der Waals surface area (Å²) in [6, 6.07) is 67.4. The number of benzene rings is 8. The van der Waals surface area contributed by atoms with Crippen LogP contribution < -0.4 is 18.9 Å². The minimum absolute atomic E-state index is 0.250. The number of nitrogens with zero attached hydrogens (tertiary/aromatic N) is 8. The summed E-state index contributed by atoms with van der Waals surface area (Å²) in [5.74, 6) is 2.03. The van der Waals surface area contributed by atoms with Crippen molar-refractivity contribution in [1.82, 2.24) is 61.6 Å². The molecule has 464 valence electrons. The molecule has 12 rings (SSSR count). The summed E-state index contributed by atoms with van der Waals surface area (Å²) in [5, 5.41) is 40.2. The number of ether oxygens (including phenoxy) is 4. The van der Waals surface area contributed by atoms with Crippen LogP contribution in [0.5, 0.6) is 23.5 Å². The third-order valence-electron chi connectivity index (χ3n) is 12.5. The SMILES string of the molecule is Cc1ccc(-c2ccc(COc3cn[nH]n3)cc2)cc1.Cc1ccc(-c2ccc(COc3cn[nH]n3)cc2)cc1.Cc1ccc(-c2ccc(COc3cn[nH]n3)cc2)cc1.Cc1ccc(-c2ccc(COc3cn[nH]n3)cc2)cc1.O=C=O.O=C=O.O=C=O.O=C=O. The summed E-state index contributed by atoms with van der Waals surface area (Å²) >= 11 is 0. The number of hydrogen-bond donors (Lipinski definition) is 4. The van der Waals surface area contributed by atoms with Gasteiger partial charge in [0.05, 0.1) is 0 Å². The van der Waals surface area contributed by atoms with Gasteiger partial charge in [-0.2, -0.15) is 79.6 Å². The molecule has 0 saturated carbocycles. The van der Waals surface area contributed by atoms with Crippen molar-refractivity contribution < 1.29 is 57.3 Å². The molecule has 0 aliphatic heterocycles. The topological polar surface area (TPSA) is 340 Å². The molecule has 12 aromatic rings. The first-order valence-electron chi connectivity index (χ1n) is 27.5. The second-order valence-corrected chi connectivity index (χ2v) is 19.0. The third-order valence-corrected chi connectivity index (χ3v) is 12.5. The van der Waals surface area contributed by atoms with Gasteiger partial charge < -0.3 is 18.9 Å². The van der Waals surface area contributed by atoms with Crippen molar-refractivity contribution in [2.45, 2.75) is 54.1 Å². The zero-order valence-corrected chi connectivity index (χ0v) is 50.1. The lowest BCUT2D eigenvalue weighted by Crippen LogP contribution is -1.95. The van der Waals surface area contributed by atoms with Gasteiger partial charge in [-0.05, 0) is 94.5 Å². The number of aromatic nitrogens is 12. The van der Waals surface area contributed by atoms with Crippen LogP contribution in [0.1, 0.15) is 44.5 Å². The lowest BCUT2D eigenvalue weighted by molar-refractivity contribution is -0.193. The van der Waals surface area contributed by atoms with Crippen LogP contribution in [0, 0.1) is 27.7 Å². The summed E-state index contributed by atoms with van der Waals surface area (Å²) in [5.41, 5.74) is 19.2. The Labute approximate surface area is 527 Å². The first-order valence-corrected chi connectivity index (χ1v) is 27.5. The smallest absolute Gasteiger partial charge is 0.373 e. The normalized spacial score (nSPS) is 9.43. The zero-order chi connectivity index (χ0) is 66.0. The molecule has 0 unspecified atom stereocenters. The first-order chi connectivity index (χ1) is 44.9. The largest absolute Gasteiger partial charge is 0.471 e. The molecule has 0 radical (unpaired) electrons. The van der Waals surface area contributed by atoms with Crippen LogP contribution in [0.25, 0.3) is 44.5 Å². The molecule has 92 heavy (non-hydrogen) atoms. The van der Waals surface area contributed by atoms with Gasteiger partial charge in [-0.15, -0.1) is 20.4 Å². The molecule has 0 bridgehead atoms. The van der Waals surface area contributed by atoms with Gasteiger partial charge in [0.15, 0.2) is 0 Å². The van der Waals surface area contributed by atoms with Crippen molar-refractivity contribution in [2.24, 2.45) is 0 Å². The maximum absolute atomic E-state index is 8.12. The summed E-state index contributed by atoms with van der Waals surface area (Å²) in [6.07, 6.45) is 7.22. The molecule has 0 atom stereocenters. The van der Waals surface area contributed by atoms with Gasteiger partial charge in [0, 0.05) is 0 Å². The highest BCUT2D eigenvalue weighted by molar-refractivity contribution is 5.66. The molecule has 4 N–H and O–H groups in total. The fourth-order valence-electron chi connectivity index (χ4n) is 7.83. The standard InChI is InChI=1S/4C16H15N3O.4CO2/c4*1-12-2-6-14(7-3-12)15-8-4-13(5-9-15)11-20-16-10-17-19-18-16;4*2-1-3/h4*2-10H,11H2,1H3,(H,17,18,19);;;;. The Balaban J connectivity index is 0.000000210. The van der Waals surface area contributed by atoms with Crippen molar-refractivity contribution in [2.75, 3.05) is 0 Å². The number of rotatable bonds is 16. The number of nitrogens with one attached hydrogen (secondary N) is 4. The molecule has 0 amide bonds. The molecule has 4 aromatic heterocycles. The highest BCUT2D eigenvalue weighted by Crippen LogP contribution is 2.25. The van der Waals surface area contributed by atoms with Crippen molar-refractivity contribution in [1.29, 1.82) is 0 Å². The lowest BCUT2D eigenvalue weighted by Gasteiger charge is -2.05. The van der Waals surface area contributed by atoms with E-state index in [1.54, 1.807) is 24.8 Å². The average molecular weight is 1240 g/mol. The van der Waals surface area contributed by atoms with Crippen LogP contribution >= 0.6 is 0 Å². The molecule has 24 nitrogen and oxygen atoms in total. The van der Waals surface area contributed by atoms with Gasteiger partial charge in [-0.25, -0.2) is 0 Å². The number of aromatic amines is 4. The van der Waals surface area contributed by atoms with E-state index in [4.69, 9.17) is 57.3 Å². The van der Waals surface area contributed by atoms with E-state index in [1.165, 1.54) is 66.8 Å². The van der Waals surface area contributed by atoms with Gasteiger partial charge in [-0.3, -0.25) is 0 Å². The Bertz CT molecular complexity index is 3520. The molecular formula is C68H60N12O12. The lowest BCUT2D eigenvalue weighted by atomic mass is 10.0. The van der Waals surface area contributed by atoms with Crippen molar-refractivity contribution >= 4 is 24.6 Å². The summed E-state index contributed by atoms with van der Waals surface area (Å²) in [4.78, 5) is 65.0. The number of carbonyl (C=O) groups excluding carboxylic acids is 8. The Kier molecular flexibility index (Phi) is 30.7. The van der Waals surface area contributed by atoms with Gasteiger partial charge in [0.2, 0.25) is 0 Å². The second-order valence-electron chi connectivity index (χ2n) is 19.0. The fourth-order valence-corrected chi connectivity index (χ4v) is 7.83. The van der Waals surface area contributed by atoms with Gasteiger partial charge >= 0.3 is 24.6 Å². The van der Waals surface area contributed by atoms with Crippen LogP contribution in [-0.2, 0) is 64.8 Å². The quantitative estimate of drug-likeness (QED) is 0.0698. The minimum atomic E-state index is 0.250. The van der Waals surface area contributed by atoms with Crippen LogP contribution in [0.3, 0.4) is 0 Å². The van der Waals surface area contributed by atoms with E-state index in [-0.39, 0.29) is 24.6 Å². The van der Waals surface area contributed by atoms with E-state index >= 15 is 0 Å². The van der Waals surface area contributed by atoms with Crippen molar-refractivity contribution in [3.63, 3.8) is 0 Å².